The van der Waals surface area contributed by atoms with Gasteiger partial charge in [-0.25, -0.2) is 0 Å². The number of hydrogen-bond acceptors (Lipinski definition) is 3. The highest BCUT2D eigenvalue weighted by Crippen LogP contribution is 2.63. The van der Waals surface area contributed by atoms with E-state index >= 15 is 0 Å². The fraction of sp³-hybridized carbons (Fsp3) is 0.733. The molecule has 0 saturated heterocycles. The number of amides is 1. The van der Waals surface area contributed by atoms with Gasteiger partial charge in [0.25, 0.3) is 5.91 Å². The number of carbonyl (C=O) groups excluding carboxylic acids is 1. The van der Waals surface area contributed by atoms with E-state index in [0.717, 1.165) is 42.4 Å². The van der Waals surface area contributed by atoms with Crippen molar-refractivity contribution in [1.82, 2.24) is 5.32 Å². The lowest BCUT2D eigenvalue weighted by Crippen LogP contribution is -2.57. The predicted molar refractivity (Wildman–Crippen MR) is 134 cm³/mol. The van der Waals surface area contributed by atoms with Crippen molar-refractivity contribution in [1.29, 1.82) is 5.26 Å². The summed E-state index contributed by atoms with van der Waals surface area (Å²) in [5, 5.41) is 23.0. The Morgan fingerprint density at radius 2 is 1.76 bits per heavy atom. The SMILES string of the molecule is CC(NC(=O)c1ccc(C#N)cc1)[C@H]1CCC[C@H]2[C@@H]3CC[C@@H]4C[C@](C)(O)CC[C@@H]4C3CC[C@]12C. The van der Waals surface area contributed by atoms with Crippen molar-refractivity contribution in [3.63, 3.8) is 0 Å². The fourth-order valence-corrected chi connectivity index (χ4v) is 9.23. The van der Waals surface area contributed by atoms with Crippen molar-refractivity contribution in [2.45, 2.75) is 96.6 Å². The summed E-state index contributed by atoms with van der Waals surface area (Å²) < 4.78 is 0. The van der Waals surface area contributed by atoms with Gasteiger partial charge in [-0.2, -0.15) is 5.26 Å². The molecule has 0 spiro atoms. The van der Waals surface area contributed by atoms with Crippen LogP contribution in [0, 0.1) is 52.3 Å². The maximum Gasteiger partial charge on any atom is 0.251 e. The van der Waals surface area contributed by atoms with Crippen molar-refractivity contribution in [3.05, 3.63) is 35.4 Å². The van der Waals surface area contributed by atoms with Crippen molar-refractivity contribution >= 4 is 5.91 Å². The molecule has 184 valence electrons. The Balaban J connectivity index is 1.29. The van der Waals surface area contributed by atoms with Gasteiger partial charge < -0.3 is 10.4 Å². The molecule has 34 heavy (non-hydrogen) atoms. The first kappa shape index (κ1) is 23.9. The first-order valence-corrected chi connectivity index (χ1v) is 13.8. The molecule has 2 N–H and O–H groups in total. The van der Waals surface area contributed by atoms with Crippen molar-refractivity contribution in [2.75, 3.05) is 0 Å². The van der Waals surface area contributed by atoms with Gasteiger partial charge in [0.15, 0.2) is 0 Å². The summed E-state index contributed by atoms with van der Waals surface area (Å²) in [7, 11) is 0. The average molecular weight is 463 g/mol. The first-order chi connectivity index (χ1) is 16.2. The Morgan fingerprint density at radius 1 is 1.03 bits per heavy atom. The molecule has 4 aliphatic carbocycles. The topological polar surface area (TPSA) is 73.1 Å². The Morgan fingerprint density at radius 3 is 2.50 bits per heavy atom. The Bertz CT molecular complexity index is 948. The zero-order chi connectivity index (χ0) is 24.1. The molecule has 4 aliphatic rings. The third-order valence-corrected chi connectivity index (χ3v) is 10.8. The molecule has 4 saturated carbocycles. The zero-order valence-electron chi connectivity index (χ0n) is 21.2. The maximum atomic E-state index is 13.0. The highest BCUT2D eigenvalue weighted by molar-refractivity contribution is 5.94. The summed E-state index contributed by atoms with van der Waals surface area (Å²) in [5.41, 5.74) is 1.07. The molecule has 0 bridgehead atoms. The Kier molecular flexibility index (Phi) is 6.30. The molecular weight excluding hydrogens is 420 g/mol. The zero-order valence-corrected chi connectivity index (χ0v) is 21.2. The molecular formula is C30H42N2O2. The van der Waals surface area contributed by atoms with Crippen molar-refractivity contribution in [2.24, 2.45) is 40.9 Å². The van der Waals surface area contributed by atoms with Crippen LogP contribution in [0.5, 0.6) is 0 Å². The quantitative estimate of drug-likeness (QED) is 0.571. The lowest BCUT2D eigenvalue weighted by Gasteiger charge is -2.61. The molecule has 1 amide bonds. The number of hydrogen-bond donors (Lipinski definition) is 2. The molecule has 0 heterocycles. The highest BCUT2D eigenvalue weighted by atomic mass is 16.3. The summed E-state index contributed by atoms with van der Waals surface area (Å²) in [6.45, 7) is 6.80. The molecule has 0 aromatic heterocycles. The van der Waals surface area contributed by atoms with Gasteiger partial charge in [0.1, 0.15) is 0 Å². The lowest BCUT2D eigenvalue weighted by atomic mass is 9.44. The number of aliphatic hydroxyl groups is 1. The van der Waals surface area contributed by atoms with Crippen LogP contribution < -0.4 is 5.32 Å². The molecule has 4 heteroatoms. The van der Waals surface area contributed by atoms with Gasteiger partial charge in [-0.15, -0.1) is 0 Å². The predicted octanol–water partition coefficient (Wildman–Crippen LogP) is 6.09. The minimum Gasteiger partial charge on any atom is -0.390 e. The molecule has 4 fully saturated rings. The van der Waals surface area contributed by atoms with Crippen molar-refractivity contribution < 1.29 is 9.90 Å². The van der Waals surface area contributed by atoms with E-state index in [1.54, 1.807) is 24.3 Å². The minimum atomic E-state index is -0.449. The maximum absolute atomic E-state index is 13.0. The van der Waals surface area contributed by atoms with E-state index < -0.39 is 5.60 Å². The van der Waals surface area contributed by atoms with Gasteiger partial charge >= 0.3 is 0 Å². The van der Waals surface area contributed by atoms with Crippen LogP contribution in [0.3, 0.4) is 0 Å². The van der Waals surface area contributed by atoms with Crippen LogP contribution in [-0.4, -0.2) is 22.7 Å². The van der Waals surface area contributed by atoms with Gasteiger partial charge in [-0.3, -0.25) is 4.79 Å². The minimum absolute atomic E-state index is 0.0221. The summed E-state index contributed by atoms with van der Waals surface area (Å²) >= 11 is 0. The van der Waals surface area contributed by atoms with Crippen molar-refractivity contribution in [3.8, 4) is 6.07 Å². The van der Waals surface area contributed by atoms with E-state index in [0.29, 0.717) is 22.5 Å². The van der Waals surface area contributed by atoms with E-state index in [4.69, 9.17) is 5.26 Å². The van der Waals surface area contributed by atoms with Gasteiger partial charge in [0.05, 0.1) is 17.2 Å². The Labute approximate surface area is 205 Å². The summed E-state index contributed by atoms with van der Waals surface area (Å²) in [4.78, 5) is 13.0. The normalized spacial score (nSPS) is 42.3. The largest absolute Gasteiger partial charge is 0.390 e. The second-order valence-electron chi connectivity index (χ2n) is 12.7. The Hall–Kier alpha value is -1.86. The molecule has 1 aromatic carbocycles. The molecule has 1 aromatic rings. The van der Waals surface area contributed by atoms with Crippen LogP contribution in [0.2, 0.25) is 0 Å². The lowest BCUT2D eigenvalue weighted by molar-refractivity contribution is -0.130. The van der Waals surface area contributed by atoms with Gasteiger partial charge in [-0.1, -0.05) is 13.3 Å². The molecule has 0 radical (unpaired) electrons. The van der Waals surface area contributed by atoms with E-state index in [1.807, 2.05) is 6.92 Å². The van der Waals surface area contributed by atoms with Crippen LogP contribution >= 0.6 is 0 Å². The molecule has 2 unspecified atom stereocenters. The fourth-order valence-electron chi connectivity index (χ4n) is 9.23. The number of nitriles is 1. The monoisotopic (exact) mass is 462 g/mol. The summed E-state index contributed by atoms with van der Waals surface area (Å²) in [5.74, 6) is 4.47. The summed E-state index contributed by atoms with van der Waals surface area (Å²) in [6, 6.07) is 9.23. The number of benzene rings is 1. The first-order valence-electron chi connectivity index (χ1n) is 13.8. The standard InChI is InChI=1S/C30H42N2O2/c1-19(32-28(33)21-9-7-20(18-31)8-10-21)26-5-4-6-27-25-12-11-22-17-29(2,34)15-13-23(22)24(25)14-16-30(26,27)3/h7-10,19,22-27,34H,4-6,11-17H2,1-3H3,(H,32,33)/t19?,22-,23+,24?,25-,26-,27+,29-,30-/m1/s1. The number of nitrogens with zero attached hydrogens (tertiary/aromatic N) is 1. The molecule has 5 rings (SSSR count). The third-order valence-electron chi connectivity index (χ3n) is 10.8. The molecule has 9 atom stereocenters. The van der Waals surface area contributed by atoms with Gasteiger partial charge in [0, 0.05) is 11.6 Å². The second kappa shape index (κ2) is 8.98. The molecule has 4 nitrogen and oxygen atoms in total. The second-order valence-corrected chi connectivity index (χ2v) is 12.7. The van der Waals surface area contributed by atoms with Crippen LogP contribution in [0.1, 0.15) is 101 Å². The third kappa shape index (κ3) is 4.19. The van der Waals surface area contributed by atoms with E-state index in [2.05, 4.69) is 25.2 Å². The van der Waals surface area contributed by atoms with Crippen LogP contribution in [0.4, 0.5) is 0 Å². The highest BCUT2D eigenvalue weighted by Gasteiger charge is 2.56. The number of fused-ring (bicyclic) bond motifs is 5. The number of nitrogens with one attached hydrogen (secondary N) is 1. The molecule has 0 aliphatic heterocycles. The van der Waals surface area contributed by atoms with Crippen LogP contribution in [-0.2, 0) is 0 Å². The number of carbonyl (C=O) groups is 1. The van der Waals surface area contributed by atoms with Gasteiger partial charge in [-0.05, 0) is 137 Å². The smallest absolute Gasteiger partial charge is 0.251 e. The average Bonchev–Trinajstić information content (AvgIpc) is 2.82. The van der Waals surface area contributed by atoms with Crippen LogP contribution in [0.15, 0.2) is 24.3 Å². The number of rotatable bonds is 3. The van der Waals surface area contributed by atoms with Crippen LogP contribution in [0.25, 0.3) is 0 Å². The van der Waals surface area contributed by atoms with E-state index in [1.165, 1.54) is 51.4 Å². The van der Waals surface area contributed by atoms with Gasteiger partial charge in [0.2, 0.25) is 0 Å². The van der Waals surface area contributed by atoms with E-state index in [9.17, 15) is 9.90 Å². The van der Waals surface area contributed by atoms with E-state index in [-0.39, 0.29) is 11.9 Å². The summed E-state index contributed by atoms with van der Waals surface area (Å²) in [6.07, 6.45) is 12.2.